The van der Waals surface area contributed by atoms with Gasteiger partial charge in [0.05, 0.1) is 0 Å². The van der Waals surface area contributed by atoms with E-state index in [1.807, 2.05) is 38.1 Å². The molecule has 1 unspecified atom stereocenters. The maximum atomic E-state index is 11.9. The monoisotopic (exact) mass is 308 g/mol. The number of benzene rings is 1. The Hall–Kier alpha value is -1.55. The van der Waals surface area contributed by atoms with Crippen LogP contribution in [0.25, 0.3) is 0 Å². The van der Waals surface area contributed by atoms with Gasteiger partial charge in [0.2, 0.25) is 11.8 Å². The third-order valence-electron chi connectivity index (χ3n) is 3.48. The molecule has 1 saturated heterocycles. The van der Waals surface area contributed by atoms with Crippen LogP contribution in [0.2, 0.25) is 0 Å². The number of carbonyl (C=O) groups is 2. The standard InChI is InChI=1S/C16H21ClN2O2/c1-11(2)7-15(20)18-13-3-5-14(6-4-13)19-10-12(9-17)8-16(19)21/h3-6,11-12H,7-10H2,1-2H3,(H,18,20). The molecular weight excluding hydrogens is 288 g/mol. The Morgan fingerprint density at radius 1 is 1.38 bits per heavy atom. The topological polar surface area (TPSA) is 49.4 Å². The minimum Gasteiger partial charge on any atom is -0.326 e. The number of hydrogen-bond acceptors (Lipinski definition) is 2. The summed E-state index contributed by atoms with van der Waals surface area (Å²) < 4.78 is 0. The Bertz CT molecular complexity index is 514. The minimum absolute atomic E-state index is 0.0113. The molecule has 4 nitrogen and oxygen atoms in total. The summed E-state index contributed by atoms with van der Waals surface area (Å²) in [4.78, 5) is 25.4. The molecule has 1 fully saturated rings. The van der Waals surface area contributed by atoms with E-state index in [-0.39, 0.29) is 17.7 Å². The van der Waals surface area contributed by atoms with Crippen LogP contribution in [-0.2, 0) is 9.59 Å². The van der Waals surface area contributed by atoms with Gasteiger partial charge in [0.1, 0.15) is 0 Å². The van der Waals surface area contributed by atoms with E-state index in [1.54, 1.807) is 4.90 Å². The van der Waals surface area contributed by atoms with E-state index in [1.165, 1.54) is 0 Å². The van der Waals surface area contributed by atoms with E-state index >= 15 is 0 Å². The molecule has 2 amide bonds. The van der Waals surface area contributed by atoms with Crippen LogP contribution in [0.5, 0.6) is 0 Å². The van der Waals surface area contributed by atoms with Crippen LogP contribution in [-0.4, -0.2) is 24.2 Å². The summed E-state index contributed by atoms with van der Waals surface area (Å²) in [7, 11) is 0. The van der Waals surface area contributed by atoms with Crippen molar-refractivity contribution in [3.05, 3.63) is 24.3 Å². The molecule has 1 aromatic rings. The van der Waals surface area contributed by atoms with Crippen molar-refractivity contribution < 1.29 is 9.59 Å². The molecule has 1 N–H and O–H groups in total. The van der Waals surface area contributed by atoms with Crippen LogP contribution in [0.15, 0.2) is 24.3 Å². The summed E-state index contributed by atoms with van der Waals surface area (Å²) in [6, 6.07) is 7.38. The fourth-order valence-electron chi connectivity index (χ4n) is 2.44. The zero-order chi connectivity index (χ0) is 15.4. The summed E-state index contributed by atoms with van der Waals surface area (Å²) in [5.74, 6) is 1.18. The normalized spacial score (nSPS) is 18.4. The lowest BCUT2D eigenvalue weighted by molar-refractivity contribution is -0.117. The third-order valence-corrected chi connectivity index (χ3v) is 3.92. The van der Waals surface area contributed by atoms with E-state index < -0.39 is 0 Å². The molecule has 0 spiro atoms. The van der Waals surface area contributed by atoms with Crippen molar-refractivity contribution in [1.29, 1.82) is 0 Å². The predicted octanol–water partition coefficient (Wildman–Crippen LogP) is 3.26. The van der Waals surface area contributed by atoms with Gasteiger partial charge in [0.15, 0.2) is 0 Å². The minimum atomic E-state index is 0.0113. The van der Waals surface area contributed by atoms with Crippen molar-refractivity contribution >= 4 is 34.8 Å². The molecule has 0 bridgehead atoms. The lowest BCUT2D eigenvalue weighted by Gasteiger charge is -2.17. The highest BCUT2D eigenvalue weighted by Crippen LogP contribution is 2.26. The Labute approximate surface area is 130 Å². The van der Waals surface area contributed by atoms with Gasteiger partial charge in [-0.1, -0.05) is 13.8 Å². The number of anilines is 2. The molecule has 0 aromatic heterocycles. The first-order chi connectivity index (χ1) is 9.99. The Balaban J connectivity index is 1.99. The SMILES string of the molecule is CC(C)CC(=O)Nc1ccc(N2CC(CCl)CC2=O)cc1. The molecule has 0 radical (unpaired) electrons. The van der Waals surface area contributed by atoms with Crippen LogP contribution in [0, 0.1) is 11.8 Å². The molecule has 1 aromatic carbocycles. The lowest BCUT2D eigenvalue weighted by Crippen LogP contribution is -2.24. The van der Waals surface area contributed by atoms with E-state index in [9.17, 15) is 9.59 Å². The number of carbonyl (C=O) groups excluding carboxylic acids is 2. The van der Waals surface area contributed by atoms with Crippen LogP contribution >= 0.6 is 11.6 Å². The molecule has 114 valence electrons. The van der Waals surface area contributed by atoms with Gasteiger partial charge >= 0.3 is 0 Å². The molecule has 1 aliphatic heterocycles. The molecule has 1 atom stereocenters. The second-order valence-corrected chi connectivity index (χ2v) is 6.23. The molecular formula is C16H21ClN2O2. The summed E-state index contributed by atoms with van der Waals surface area (Å²) in [5, 5.41) is 2.86. The van der Waals surface area contributed by atoms with Gasteiger partial charge in [0, 0.05) is 36.6 Å². The third kappa shape index (κ3) is 4.21. The van der Waals surface area contributed by atoms with Crippen molar-refractivity contribution in [1.82, 2.24) is 0 Å². The first kappa shape index (κ1) is 15.8. The number of alkyl halides is 1. The zero-order valence-corrected chi connectivity index (χ0v) is 13.2. The number of nitrogens with zero attached hydrogens (tertiary/aromatic N) is 1. The van der Waals surface area contributed by atoms with Crippen molar-refractivity contribution in [2.24, 2.45) is 11.8 Å². The molecule has 1 aliphatic rings. The molecule has 2 rings (SSSR count). The predicted molar refractivity (Wildman–Crippen MR) is 85.7 cm³/mol. The number of rotatable bonds is 5. The number of amides is 2. The maximum absolute atomic E-state index is 11.9. The maximum Gasteiger partial charge on any atom is 0.227 e. The summed E-state index contributed by atoms with van der Waals surface area (Å²) in [6.07, 6.45) is 1.01. The fraction of sp³-hybridized carbons (Fsp3) is 0.500. The smallest absolute Gasteiger partial charge is 0.227 e. The summed E-state index contributed by atoms with van der Waals surface area (Å²) in [6.45, 7) is 4.69. The van der Waals surface area contributed by atoms with E-state index in [4.69, 9.17) is 11.6 Å². The lowest BCUT2D eigenvalue weighted by atomic mass is 10.1. The van der Waals surface area contributed by atoms with Gasteiger partial charge in [-0.05, 0) is 36.1 Å². The van der Waals surface area contributed by atoms with E-state index in [0.717, 1.165) is 11.4 Å². The molecule has 0 aliphatic carbocycles. The Kier molecular flexibility index (Phi) is 5.23. The van der Waals surface area contributed by atoms with Crippen molar-refractivity contribution in [2.45, 2.75) is 26.7 Å². The van der Waals surface area contributed by atoms with Crippen LogP contribution in [0.1, 0.15) is 26.7 Å². The van der Waals surface area contributed by atoms with Crippen LogP contribution < -0.4 is 10.2 Å². The van der Waals surface area contributed by atoms with E-state index in [0.29, 0.717) is 31.2 Å². The molecule has 21 heavy (non-hydrogen) atoms. The first-order valence-electron chi connectivity index (χ1n) is 7.26. The molecule has 0 saturated carbocycles. The van der Waals surface area contributed by atoms with Gasteiger partial charge in [-0.25, -0.2) is 0 Å². The number of nitrogens with one attached hydrogen (secondary N) is 1. The number of hydrogen-bond donors (Lipinski definition) is 1. The van der Waals surface area contributed by atoms with Gasteiger partial charge in [-0.2, -0.15) is 0 Å². The highest BCUT2D eigenvalue weighted by atomic mass is 35.5. The molecule has 1 heterocycles. The quantitative estimate of drug-likeness (QED) is 0.849. The van der Waals surface area contributed by atoms with Crippen LogP contribution in [0.4, 0.5) is 11.4 Å². The van der Waals surface area contributed by atoms with Crippen LogP contribution in [0.3, 0.4) is 0 Å². The zero-order valence-electron chi connectivity index (χ0n) is 12.4. The Morgan fingerprint density at radius 2 is 2.05 bits per heavy atom. The Morgan fingerprint density at radius 3 is 2.57 bits per heavy atom. The van der Waals surface area contributed by atoms with E-state index in [2.05, 4.69) is 5.32 Å². The second kappa shape index (κ2) is 6.94. The fourth-order valence-corrected chi connectivity index (χ4v) is 2.65. The van der Waals surface area contributed by atoms with Gasteiger partial charge < -0.3 is 10.2 Å². The highest BCUT2D eigenvalue weighted by molar-refractivity contribution is 6.18. The van der Waals surface area contributed by atoms with Gasteiger partial charge in [-0.3, -0.25) is 9.59 Å². The average Bonchev–Trinajstić information content (AvgIpc) is 2.80. The average molecular weight is 309 g/mol. The summed E-state index contributed by atoms with van der Waals surface area (Å²) in [5.41, 5.74) is 1.61. The van der Waals surface area contributed by atoms with Gasteiger partial charge in [0.25, 0.3) is 0 Å². The van der Waals surface area contributed by atoms with Crippen molar-refractivity contribution in [3.63, 3.8) is 0 Å². The first-order valence-corrected chi connectivity index (χ1v) is 7.79. The largest absolute Gasteiger partial charge is 0.326 e. The van der Waals surface area contributed by atoms with Gasteiger partial charge in [-0.15, -0.1) is 11.6 Å². The van der Waals surface area contributed by atoms with Crippen molar-refractivity contribution in [2.75, 3.05) is 22.6 Å². The highest BCUT2D eigenvalue weighted by Gasteiger charge is 2.29. The van der Waals surface area contributed by atoms with Crippen molar-refractivity contribution in [3.8, 4) is 0 Å². The summed E-state index contributed by atoms with van der Waals surface area (Å²) >= 11 is 5.82. The second-order valence-electron chi connectivity index (χ2n) is 5.92. The number of halogens is 1. The molecule has 5 heteroatoms.